The molecule has 0 heterocycles. The van der Waals surface area contributed by atoms with Crippen LogP contribution in [0.2, 0.25) is 0 Å². The van der Waals surface area contributed by atoms with Crippen LogP contribution in [0.25, 0.3) is 0 Å². The van der Waals surface area contributed by atoms with Crippen molar-refractivity contribution in [3.05, 3.63) is 0 Å². The summed E-state index contributed by atoms with van der Waals surface area (Å²) in [6.07, 6.45) is 2.49. The Bertz CT molecular complexity index is 92.0. The second-order valence-corrected chi connectivity index (χ2v) is 2.78. The van der Waals surface area contributed by atoms with Crippen LogP contribution in [0.4, 0.5) is 0 Å². The third-order valence-electron chi connectivity index (χ3n) is 0.899. The molecular weight excluding hydrogens is 149 g/mol. The van der Waals surface area contributed by atoms with Crippen molar-refractivity contribution in [2.45, 2.75) is 18.9 Å². The van der Waals surface area contributed by atoms with Crippen LogP contribution < -0.4 is 34.9 Å². The minimum Gasteiger partial charge on any atom is -0.412 e. The molecule has 1 rings (SSSR count). The van der Waals surface area contributed by atoms with Gasteiger partial charge in [0.25, 0.3) is 0 Å². The van der Waals surface area contributed by atoms with Gasteiger partial charge in [-0.25, -0.2) is 0 Å². The van der Waals surface area contributed by atoms with Crippen LogP contribution in [0, 0.1) is 0 Å². The molecule has 1 aliphatic carbocycles. The molecule has 40 valence electrons. The van der Waals surface area contributed by atoms with E-state index >= 15 is 0 Å². The molecule has 1 saturated carbocycles. The van der Waals surface area contributed by atoms with Gasteiger partial charge >= 0.3 is 29.6 Å². The van der Waals surface area contributed by atoms with Gasteiger partial charge in [-0.3, -0.25) is 0 Å². The summed E-state index contributed by atoms with van der Waals surface area (Å²) in [6.45, 7) is 0. The van der Waals surface area contributed by atoms with Crippen molar-refractivity contribution < 1.29 is 29.6 Å². The second kappa shape index (κ2) is 4.01. The minimum atomic E-state index is 0. The van der Waals surface area contributed by atoms with E-state index in [-0.39, 0.29) is 29.6 Å². The van der Waals surface area contributed by atoms with Gasteiger partial charge in [0.05, 0.1) is 0 Å². The first-order valence-electron chi connectivity index (χ1n) is 2.26. The molecule has 0 radical (unpaired) electrons. The average Bonchev–Trinajstić information content (AvgIpc) is 2.17. The molecular formula is C4H6NNaS2. The van der Waals surface area contributed by atoms with Crippen molar-refractivity contribution in [2.75, 3.05) is 0 Å². The molecule has 0 unspecified atom stereocenters. The van der Waals surface area contributed by atoms with Gasteiger partial charge in [0.2, 0.25) is 0 Å². The molecule has 8 heavy (non-hydrogen) atoms. The van der Waals surface area contributed by atoms with Crippen LogP contribution >= 0.6 is 12.2 Å². The van der Waals surface area contributed by atoms with Crippen molar-refractivity contribution in [1.29, 1.82) is 0 Å². The Morgan fingerprint density at radius 2 is 2.12 bits per heavy atom. The third kappa shape index (κ3) is 4.04. The largest absolute Gasteiger partial charge is 1.00 e. The zero-order valence-electron chi connectivity index (χ0n) is 4.81. The molecule has 0 aromatic carbocycles. The molecule has 1 fully saturated rings. The van der Waals surface area contributed by atoms with E-state index in [2.05, 4.69) is 30.2 Å². The quantitative estimate of drug-likeness (QED) is 0.257. The van der Waals surface area contributed by atoms with Gasteiger partial charge in [0.1, 0.15) is 0 Å². The number of thiocarbonyl (C=S) groups is 1. The van der Waals surface area contributed by atoms with E-state index in [1.54, 1.807) is 0 Å². The first kappa shape index (κ1) is 9.11. The van der Waals surface area contributed by atoms with Crippen LogP contribution in [0.5, 0.6) is 0 Å². The van der Waals surface area contributed by atoms with Gasteiger partial charge in [0.15, 0.2) is 0 Å². The average molecular weight is 155 g/mol. The molecule has 0 aliphatic heterocycles. The smallest absolute Gasteiger partial charge is 0.412 e. The first-order chi connectivity index (χ1) is 3.29. The molecule has 0 aromatic heterocycles. The zero-order chi connectivity index (χ0) is 5.28. The van der Waals surface area contributed by atoms with E-state index in [4.69, 9.17) is 0 Å². The third-order valence-corrected chi connectivity index (χ3v) is 1.14. The van der Waals surface area contributed by atoms with Crippen molar-refractivity contribution in [2.24, 2.45) is 0 Å². The fourth-order valence-corrected chi connectivity index (χ4v) is 0.728. The van der Waals surface area contributed by atoms with Gasteiger partial charge in [-0.15, -0.1) is 0 Å². The topological polar surface area (TPSA) is 12.0 Å². The number of nitrogens with one attached hydrogen (secondary N) is 1. The van der Waals surface area contributed by atoms with Crippen LogP contribution in [0.1, 0.15) is 12.8 Å². The van der Waals surface area contributed by atoms with Crippen molar-refractivity contribution in [1.82, 2.24) is 5.32 Å². The van der Waals surface area contributed by atoms with Gasteiger partial charge in [0, 0.05) is 6.04 Å². The fraction of sp³-hybridized carbons (Fsp3) is 0.750. The van der Waals surface area contributed by atoms with Gasteiger partial charge < -0.3 is 30.2 Å². The summed E-state index contributed by atoms with van der Waals surface area (Å²) in [7, 11) is 0. The Labute approximate surface area is 82.3 Å². The number of hydrogen-bond donors (Lipinski definition) is 1. The van der Waals surface area contributed by atoms with E-state index in [1.165, 1.54) is 12.8 Å². The first-order valence-corrected chi connectivity index (χ1v) is 3.08. The molecule has 0 amide bonds. The molecule has 0 atom stereocenters. The molecule has 0 bridgehead atoms. The minimum absolute atomic E-state index is 0. The summed E-state index contributed by atoms with van der Waals surface area (Å²) in [6, 6.07) is 0.630. The summed E-state index contributed by atoms with van der Waals surface area (Å²) in [5.74, 6) is 0. The summed E-state index contributed by atoms with van der Waals surface area (Å²) < 4.78 is 0.516. The second-order valence-electron chi connectivity index (χ2n) is 1.71. The molecule has 0 aromatic rings. The molecule has 0 spiro atoms. The van der Waals surface area contributed by atoms with E-state index < -0.39 is 0 Å². The Hall–Kier alpha value is 1.11. The summed E-state index contributed by atoms with van der Waals surface area (Å²) >= 11 is 9.23. The van der Waals surface area contributed by atoms with E-state index in [0.29, 0.717) is 10.4 Å². The predicted octanol–water partition coefficient (Wildman–Crippen LogP) is -2.43. The SMILES string of the molecule is S=C([S-])NC1CC1.[Na+]. The maximum Gasteiger partial charge on any atom is 1.00 e. The zero-order valence-corrected chi connectivity index (χ0v) is 8.44. The van der Waals surface area contributed by atoms with Gasteiger partial charge in [-0.1, -0.05) is 4.32 Å². The van der Waals surface area contributed by atoms with Gasteiger partial charge in [-0.05, 0) is 12.8 Å². The summed E-state index contributed by atoms with van der Waals surface area (Å²) in [5.41, 5.74) is 0. The Kier molecular flexibility index (Phi) is 4.57. The van der Waals surface area contributed by atoms with Crippen LogP contribution in [-0.4, -0.2) is 10.4 Å². The predicted molar refractivity (Wildman–Crippen MR) is 36.1 cm³/mol. The summed E-state index contributed by atoms with van der Waals surface area (Å²) in [4.78, 5) is 0. The van der Waals surface area contributed by atoms with E-state index in [9.17, 15) is 0 Å². The Balaban J connectivity index is 0.000000490. The molecule has 4 heteroatoms. The van der Waals surface area contributed by atoms with Crippen molar-refractivity contribution in [3.8, 4) is 0 Å². The molecule has 1 nitrogen and oxygen atoms in total. The Morgan fingerprint density at radius 3 is 2.25 bits per heavy atom. The van der Waals surface area contributed by atoms with Crippen LogP contribution in [0.15, 0.2) is 0 Å². The molecule has 1 N–H and O–H groups in total. The standard InChI is InChI=1S/C4H7NS2.Na/c6-4(7)5-3-1-2-3;/h3H,1-2H2,(H2,5,6,7);/q;+1/p-1. The summed E-state index contributed by atoms with van der Waals surface area (Å²) in [5, 5.41) is 2.96. The van der Waals surface area contributed by atoms with Crippen LogP contribution in [0.3, 0.4) is 0 Å². The molecule has 1 aliphatic rings. The van der Waals surface area contributed by atoms with Crippen molar-refractivity contribution in [3.63, 3.8) is 0 Å². The van der Waals surface area contributed by atoms with Gasteiger partial charge in [-0.2, -0.15) is 0 Å². The number of hydrogen-bond acceptors (Lipinski definition) is 2. The normalized spacial score (nSPS) is 16.5. The van der Waals surface area contributed by atoms with E-state index in [1.807, 2.05) is 0 Å². The monoisotopic (exact) mass is 155 g/mol. The van der Waals surface area contributed by atoms with Crippen LogP contribution in [-0.2, 0) is 12.6 Å². The maximum absolute atomic E-state index is 4.62. The fourth-order valence-electron chi connectivity index (χ4n) is 0.394. The molecule has 0 saturated heterocycles. The van der Waals surface area contributed by atoms with Crippen molar-refractivity contribution >= 4 is 29.2 Å². The maximum atomic E-state index is 4.62. The number of rotatable bonds is 1. The van der Waals surface area contributed by atoms with E-state index in [0.717, 1.165) is 0 Å². The Morgan fingerprint density at radius 1 is 1.62 bits per heavy atom.